The molecule has 28 heavy (non-hydrogen) atoms. The third-order valence-corrected chi connectivity index (χ3v) is 4.23. The van der Waals surface area contributed by atoms with Crippen molar-refractivity contribution in [2.24, 2.45) is 0 Å². The first-order valence-corrected chi connectivity index (χ1v) is 8.75. The van der Waals surface area contributed by atoms with E-state index < -0.39 is 0 Å². The summed E-state index contributed by atoms with van der Waals surface area (Å²) in [5.74, 6) is 0.429. The van der Waals surface area contributed by atoms with E-state index in [-0.39, 0.29) is 5.91 Å². The molecule has 4 aromatic rings. The highest BCUT2D eigenvalue weighted by atomic mass is 16.5. The molecule has 0 fully saturated rings. The van der Waals surface area contributed by atoms with Gasteiger partial charge in [0.1, 0.15) is 6.33 Å². The molecule has 0 spiro atoms. The first-order chi connectivity index (χ1) is 13.7. The maximum Gasteiger partial charge on any atom is 0.253 e. The van der Waals surface area contributed by atoms with Crippen LogP contribution in [0.15, 0.2) is 61.2 Å². The second-order valence-corrected chi connectivity index (χ2v) is 6.10. The first-order valence-electron chi connectivity index (χ1n) is 8.75. The van der Waals surface area contributed by atoms with Crippen LogP contribution in [-0.4, -0.2) is 44.2 Å². The molecule has 140 valence electrons. The van der Waals surface area contributed by atoms with Crippen molar-refractivity contribution >= 4 is 17.4 Å². The number of amides is 1. The van der Waals surface area contributed by atoms with Gasteiger partial charge in [-0.25, -0.2) is 4.98 Å². The van der Waals surface area contributed by atoms with E-state index in [1.807, 2.05) is 42.5 Å². The fraction of sp³-hybridized carbons (Fsp3) is 0.150. The Hall–Kier alpha value is -3.65. The topological polar surface area (TPSA) is 94.3 Å². The Morgan fingerprint density at radius 3 is 2.64 bits per heavy atom. The lowest BCUT2D eigenvalue weighted by atomic mass is 10.1. The van der Waals surface area contributed by atoms with Crippen LogP contribution < -0.4 is 5.32 Å². The average molecular weight is 374 g/mol. The van der Waals surface area contributed by atoms with Gasteiger partial charge < -0.3 is 10.1 Å². The van der Waals surface area contributed by atoms with Crippen molar-refractivity contribution in [1.82, 2.24) is 24.6 Å². The fourth-order valence-corrected chi connectivity index (χ4v) is 2.83. The van der Waals surface area contributed by atoms with Crippen molar-refractivity contribution in [3.8, 4) is 22.5 Å². The highest BCUT2D eigenvalue weighted by Crippen LogP contribution is 2.26. The highest BCUT2D eigenvalue weighted by molar-refractivity contribution is 5.91. The van der Waals surface area contributed by atoms with E-state index in [9.17, 15) is 4.79 Å². The van der Waals surface area contributed by atoms with Gasteiger partial charge in [-0.05, 0) is 30.3 Å². The van der Waals surface area contributed by atoms with Crippen molar-refractivity contribution in [1.29, 1.82) is 0 Å². The van der Waals surface area contributed by atoms with Gasteiger partial charge in [-0.2, -0.15) is 14.6 Å². The zero-order valence-electron chi connectivity index (χ0n) is 15.2. The number of benzene rings is 1. The minimum absolute atomic E-state index is 0.0856. The Balaban J connectivity index is 1.65. The lowest BCUT2D eigenvalue weighted by Crippen LogP contribution is -2.13. The number of hydrogen-bond donors (Lipinski definition) is 1. The van der Waals surface area contributed by atoms with Crippen LogP contribution in [0.25, 0.3) is 28.3 Å². The Bertz CT molecular complexity index is 1090. The summed E-state index contributed by atoms with van der Waals surface area (Å²) in [7, 11) is 1.57. The summed E-state index contributed by atoms with van der Waals surface area (Å²) < 4.78 is 6.61. The smallest absolute Gasteiger partial charge is 0.253 e. The van der Waals surface area contributed by atoms with Gasteiger partial charge in [0, 0.05) is 36.3 Å². The fourth-order valence-electron chi connectivity index (χ4n) is 2.83. The van der Waals surface area contributed by atoms with E-state index >= 15 is 0 Å². The number of pyridine rings is 1. The Kier molecular flexibility index (Phi) is 5.03. The predicted octanol–water partition coefficient (Wildman–Crippen LogP) is 2.83. The molecule has 4 rings (SSSR count). The highest BCUT2D eigenvalue weighted by Gasteiger charge is 2.11. The normalized spacial score (nSPS) is 10.9. The number of carbonyl (C=O) groups is 1. The number of anilines is 1. The molecule has 8 heteroatoms. The molecular formula is C20H18N6O2. The monoisotopic (exact) mass is 374 g/mol. The van der Waals surface area contributed by atoms with E-state index in [0.29, 0.717) is 18.8 Å². The van der Waals surface area contributed by atoms with E-state index in [4.69, 9.17) is 4.74 Å². The molecule has 1 aromatic carbocycles. The van der Waals surface area contributed by atoms with Crippen molar-refractivity contribution in [2.45, 2.75) is 6.42 Å². The molecule has 0 aliphatic carbocycles. The van der Waals surface area contributed by atoms with Crippen LogP contribution in [0.1, 0.15) is 6.42 Å². The van der Waals surface area contributed by atoms with E-state index in [1.165, 1.54) is 6.33 Å². The van der Waals surface area contributed by atoms with Crippen LogP contribution >= 0.6 is 0 Å². The quantitative estimate of drug-likeness (QED) is 0.558. The van der Waals surface area contributed by atoms with Crippen LogP contribution in [0.3, 0.4) is 0 Å². The minimum Gasteiger partial charge on any atom is -0.384 e. The molecule has 3 heterocycles. The summed E-state index contributed by atoms with van der Waals surface area (Å²) >= 11 is 0. The van der Waals surface area contributed by atoms with Gasteiger partial charge in [-0.15, -0.1) is 0 Å². The molecule has 0 saturated carbocycles. The molecule has 0 aliphatic heterocycles. The number of aromatic nitrogens is 5. The van der Waals surface area contributed by atoms with Crippen LogP contribution in [0.5, 0.6) is 0 Å². The molecule has 0 atom stereocenters. The largest absolute Gasteiger partial charge is 0.384 e. The molecule has 1 N–H and O–H groups in total. The van der Waals surface area contributed by atoms with Crippen molar-refractivity contribution < 1.29 is 9.53 Å². The number of nitrogens with one attached hydrogen (secondary N) is 1. The zero-order chi connectivity index (χ0) is 19.3. The molecule has 0 radical (unpaired) electrons. The second-order valence-electron chi connectivity index (χ2n) is 6.10. The Labute approximate surface area is 161 Å². The molecule has 0 aliphatic rings. The molecule has 8 nitrogen and oxygen atoms in total. The van der Waals surface area contributed by atoms with Crippen LogP contribution in [0, 0.1) is 0 Å². The SMILES string of the molecule is COCCC(=O)Nc1ccc(-c2cc(-c3ccncc3)n3ncnc3n2)cc1. The predicted molar refractivity (Wildman–Crippen MR) is 105 cm³/mol. The molecule has 0 unspecified atom stereocenters. The van der Waals surface area contributed by atoms with Gasteiger partial charge in [-0.1, -0.05) is 12.1 Å². The number of nitrogens with zero attached hydrogens (tertiary/aromatic N) is 5. The second kappa shape index (κ2) is 7.93. The van der Waals surface area contributed by atoms with Crippen LogP contribution in [0.4, 0.5) is 5.69 Å². The minimum atomic E-state index is -0.0856. The summed E-state index contributed by atoms with van der Waals surface area (Å²) in [6, 6.07) is 13.3. The maximum atomic E-state index is 11.8. The number of methoxy groups -OCH3 is 1. The Morgan fingerprint density at radius 1 is 1.11 bits per heavy atom. The number of rotatable bonds is 6. The average Bonchev–Trinajstić information content (AvgIpc) is 3.21. The molecule has 0 bridgehead atoms. The van der Waals surface area contributed by atoms with Gasteiger partial charge in [0.05, 0.1) is 24.4 Å². The summed E-state index contributed by atoms with van der Waals surface area (Å²) in [6.45, 7) is 0.393. The standard InChI is InChI=1S/C20H18N6O2/c1-28-11-8-19(27)24-16-4-2-14(3-5-16)17-12-18(15-6-9-21-10-7-15)26-20(25-17)22-13-23-26/h2-7,9-10,12-13H,8,11H2,1H3,(H,24,27). The third kappa shape index (κ3) is 3.72. The Morgan fingerprint density at radius 2 is 1.89 bits per heavy atom. The van der Waals surface area contributed by atoms with Gasteiger partial charge in [0.15, 0.2) is 0 Å². The van der Waals surface area contributed by atoms with E-state index in [2.05, 4.69) is 25.4 Å². The number of hydrogen-bond acceptors (Lipinski definition) is 6. The van der Waals surface area contributed by atoms with Crippen molar-refractivity contribution in [3.63, 3.8) is 0 Å². The van der Waals surface area contributed by atoms with E-state index in [0.717, 1.165) is 28.2 Å². The van der Waals surface area contributed by atoms with Gasteiger partial charge in [-0.3, -0.25) is 9.78 Å². The van der Waals surface area contributed by atoms with Gasteiger partial charge >= 0.3 is 0 Å². The van der Waals surface area contributed by atoms with Gasteiger partial charge in [0.25, 0.3) is 5.78 Å². The van der Waals surface area contributed by atoms with Crippen LogP contribution in [0.2, 0.25) is 0 Å². The molecule has 0 saturated heterocycles. The van der Waals surface area contributed by atoms with Crippen LogP contribution in [-0.2, 0) is 9.53 Å². The summed E-state index contributed by atoms with van der Waals surface area (Å²) in [4.78, 5) is 24.7. The van der Waals surface area contributed by atoms with E-state index in [1.54, 1.807) is 24.0 Å². The summed E-state index contributed by atoms with van der Waals surface area (Å²) in [5.41, 5.74) is 4.25. The molecule has 3 aromatic heterocycles. The van der Waals surface area contributed by atoms with Crippen molar-refractivity contribution in [3.05, 3.63) is 61.2 Å². The summed E-state index contributed by atoms with van der Waals surface area (Å²) in [6.07, 6.45) is 5.27. The van der Waals surface area contributed by atoms with Crippen molar-refractivity contribution in [2.75, 3.05) is 19.0 Å². The molecule has 1 amide bonds. The number of carbonyl (C=O) groups excluding carboxylic acids is 1. The lowest BCUT2D eigenvalue weighted by Gasteiger charge is -2.09. The first kappa shape index (κ1) is 17.7. The maximum absolute atomic E-state index is 11.8. The number of ether oxygens (including phenoxy) is 1. The third-order valence-electron chi connectivity index (χ3n) is 4.23. The van der Waals surface area contributed by atoms with Gasteiger partial charge in [0.2, 0.25) is 5.91 Å². The molecular weight excluding hydrogens is 356 g/mol. The lowest BCUT2D eigenvalue weighted by molar-refractivity contribution is -0.117. The zero-order valence-corrected chi connectivity index (χ0v) is 15.2. The summed E-state index contributed by atoms with van der Waals surface area (Å²) in [5, 5.41) is 7.11. The number of fused-ring (bicyclic) bond motifs is 1.